The number of amides is 2. The van der Waals surface area contributed by atoms with Gasteiger partial charge in [0.25, 0.3) is 0 Å². The van der Waals surface area contributed by atoms with Gasteiger partial charge in [-0.1, -0.05) is 25.1 Å². The molecule has 0 bridgehead atoms. The third-order valence-corrected chi connectivity index (χ3v) is 3.79. The minimum absolute atomic E-state index is 0.213. The van der Waals surface area contributed by atoms with Crippen LogP contribution in [0, 0.1) is 6.92 Å². The number of benzene rings is 1. The Labute approximate surface area is 148 Å². The van der Waals surface area contributed by atoms with Crippen molar-refractivity contribution >= 4 is 23.6 Å². The average Bonchev–Trinajstić information content (AvgIpc) is 3.03. The van der Waals surface area contributed by atoms with Gasteiger partial charge in [-0.15, -0.1) is 0 Å². The van der Waals surface area contributed by atoms with E-state index in [0.717, 1.165) is 12.2 Å². The zero-order chi connectivity index (χ0) is 18.2. The Morgan fingerprint density at radius 3 is 2.52 bits per heavy atom. The number of nitrogens with one attached hydrogen (secondary N) is 1. The standard InChI is InChI=1S/C20H24N2O3/c1-4-14-22(19(23)13-12-18-11-10-15(2)25-18)16(3)20(24)21-17-8-6-5-7-9-17/h5-13,16H,4,14H2,1-3H3,(H,21,24)/b13-12+. The number of hydrogen-bond donors (Lipinski definition) is 1. The average molecular weight is 340 g/mol. The number of anilines is 1. The van der Waals surface area contributed by atoms with Crippen molar-refractivity contribution in [2.45, 2.75) is 33.2 Å². The zero-order valence-corrected chi connectivity index (χ0v) is 14.9. The molecule has 0 aliphatic heterocycles. The van der Waals surface area contributed by atoms with Crippen LogP contribution in [0.5, 0.6) is 0 Å². The normalized spacial score (nSPS) is 12.1. The summed E-state index contributed by atoms with van der Waals surface area (Å²) in [7, 11) is 0. The van der Waals surface area contributed by atoms with Gasteiger partial charge in [0, 0.05) is 18.3 Å². The summed E-state index contributed by atoms with van der Waals surface area (Å²) < 4.78 is 5.42. The number of carbonyl (C=O) groups excluding carboxylic acids is 2. The highest BCUT2D eigenvalue weighted by atomic mass is 16.3. The summed E-state index contributed by atoms with van der Waals surface area (Å²) in [6.45, 7) is 6.06. The number of para-hydroxylation sites is 1. The predicted molar refractivity (Wildman–Crippen MR) is 99.0 cm³/mol. The van der Waals surface area contributed by atoms with E-state index in [-0.39, 0.29) is 11.8 Å². The van der Waals surface area contributed by atoms with Crippen molar-refractivity contribution < 1.29 is 14.0 Å². The molecule has 0 saturated heterocycles. The van der Waals surface area contributed by atoms with E-state index >= 15 is 0 Å². The van der Waals surface area contributed by atoms with Gasteiger partial charge in [-0.05, 0) is 50.6 Å². The minimum atomic E-state index is -0.573. The molecule has 25 heavy (non-hydrogen) atoms. The molecular weight excluding hydrogens is 316 g/mol. The number of hydrogen-bond acceptors (Lipinski definition) is 3. The third-order valence-electron chi connectivity index (χ3n) is 3.79. The van der Waals surface area contributed by atoms with Crippen LogP contribution in [0.25, 0.3) is 6.08 Å². The van der Waals surface area contributed by atoms with E-state index in [1.54, 1.807) is 24.0 Å². The van der Waals surface area contributed by atoms with E-state index in [1.165, 1.54) is 6.08 Å². The lowest BCUT2D eigenvalue weighted by Gasteiger charge is -2.27. The largest absolute Gasteiger partial charge is 0.462 e. The lowest BCUT2D eigenvalue weighted by Crippen LogP contribution is -2.45. The Morgan fingerprint density at radius 1 is 1.20 bits per heavy atom. The number of rotatable bonds is 7. The van der Waals surface area contributed by atoms with Crippen molar-refractivity contribution in [3.63, 3.8) is 0 Å². The van der Waals surface area contributed by atoms with Gasteiger partial charge in [0.1, 0.15) is 17.6 Å². The maximum atomic E-state index is 12.5. The summed E-state index contributed by atoms with van der Waals surface area (Å²) in [6, 6.07) is 12.3. The fraction of sp³-hybridized carbons (Fsp3) is 0.300. The molecule has 1 aromatic heterocycles. The second kappa shape index (κ2) is 8.87. The molecule has 0 radical (unpaired) electrons. The Morgan fingerprint density at radius 2 is 1.92 bits per heavy atom. The highest BCUT2D eigenvalue weighted by Gasteiger charge is 2.24. The van der Waals surface area contributed by atoms with Crippen LogP contribution in [0.1, 0.15) is 31.8 Å². The molecule has 0 fully saturated rings. The molecule has 0 spiro atoms. The van der Waals surface area contributed by atoms with E-state index in [2.05, 4.69) is 5.32 Å². The summed E-state index contributed by atoms with van der Waals surface area (Å²) >= 11 is 0. The quantitative estimate of drug-likeness (QED) is 0.778. The molecule has 1 heterocycles. The molecule has 2 aromatic rings. The topological polar surface area (TPSA) is 62.6 Å². The molecule has 2 rings (SSSR count). The van der Waals surface area contributed by atoms with E-state index in [4.69, 9.17) is 4.42 Å². The van der Waals surface area contributed by atoms with Crippen molar-refractivity contribution in [2.24, 2.45) is 0 Å². The van der Waals surface area contributed by atoms with Crippen molar-refractivity contribution in [1.29, 1.82) is 0 Å². The molecule has 0 aliphatic carbocycles. The van der Waals surface area contributed by atoms with Crippen LogP contribution >= 0.6 is 0 Å². The van der Waals surface area contributed by atoms with Crippen LogP contribution in [0.2, 0.25) is 0 Å². The highest BCUT2D eigenvalue weighted by molar-refractivity contribution is 5.99. The first-order valence-electron chi connectivity index (χ1n) is 8.42. The van der Waals surface area contributed by atoms with Gasteiger partial charge in [-0.3, -0.25) is 9.59 Å². The van der Waals surface area contributed by atoms with E-state index in [1.807, 2.05) is 50.2 Å². The molecule has 132 valence electrons. The smallest absolute Gasteiger partial charge is 0.247 e. The van der Waals surface area contributed by atoms with Gasteiger partial charge in [0.2, 0.25) is 11.8 Å². The lowest BCUT2D eigenvalue weighted by atomic mass is 10.2. The first-order valence-corrected chi connectivity index (χ1v) is 8.42. The second-order valence-electron chi connectivity index (χ2n) is 5.84. The lowest BCUT2D eigenvalue weighted by molar-refractivity contribution is -0.134. The van der Waals surface area contributed by atoms with Crippen molar-refractivity contribution in [1.82, 2.24) is 4.90 Å². The zero-order valence-electron chi connectivity index (χ0n) is 14.9. The number of carbonyl (C=O) groups is 2. The molecule has 1 N–H and O–H groups in total. The SMILES string of the molecule is CCCN(C(=O)/C=C/c1ccc(C)o1)C(C)C(=O)Nc1ccccc1. The maximum absolute atomic E-state index is 12.5. The summed E-state index contributed by atoms with van der Waals surface area (Å²) in [5, 5.41) is 2.84. The second-order valence-corrected chi connectivity index (χ2v) is 5.84. The molecule has 5 nitrogen and oxygen atoms in total. The Kier molecular flexibility index (Phi) is 6.57. The Bertz CT molecular complexity index is 734. The minimum Gasteiger partial charge on any atom is -0.462 e. The van der Waals surface area contributed by atoms with Gasteiger partial charge < -0.3 is 14.6 Å². The molecule has 0 aliphatic rings. The van der Waals surface area contributed by atoms with Crippen LogP contribution in [0.4, 0.5) is 5.69 Å². The van der Waals surface area contributed by atoms with Crippen LogP contribution in [0.3, 0.4) is 0 Å². The predicted octanol–water partition coefficient (Wildman–Crippen LogP) is 3.87. The molecular formula is C20H24N2O3. The molecule has 1 unspecified atom stereocenters. The van der Waals surface area contributed by atoms with Crippen LogP contribution < -0.4 is 5.32 Å². The van der Waals surface area contributed by atoms with Gasteiger partial charge in [0.05, 0.1) is 0 Å². The summed E-state index contributed by atoms with van der Waals surface area (Å²) in [6.07, 6.45) is 3.84. The Balaban J connectivity index is 2.05. The number of aryl methyl sites for hydroxylation is 1. The van der Waals surface area contributed by atoms with E-state index in [9.17, 15) is 9.59 Å². The third kappa shape index (κ3) is 5.35. The fourth-order valence-corrected chi connectivity index (χ4v) is 2.44. The van der Waals surface area contributed by atoms with Gasteiger partial charge in [0.15, 0.2) is 0 Å². The maximum Gasteiger partial charge on any atom is 0.247 e. The van der Waals surface area contributed by atoms with Crippen LogP contribution in [0.15, 0.2) is 53.0 Å². The Hall–Kier alpha value is -2.82. The summed E-state index contributed by atoms with van der Waals surface area (Å²) in [5.74, 6) is 0.971. The summed E-state index contributed by atoms with van der Waals surface area (Å²) in [5.41, 5.74) is 0.713. The molecule has 5 heteroatoms. The number of nitrogens with zero attached hydrogens (tertiary/aromatic N) is 1. The van der Waals surface area contributed by atoms with Crippen molar-refractivity contribution in [2.75, 3.05) is 11.9 Å². The molecule has 0 saturated carbocycles. The van der Waals surface area contributed by atoms with Crippen LogP contribution in [-0.2, 0) is 9.59 Å². The van der Waals surface area contributed by atoms with Gasteiger partial charge in [-0.25, -0.2) is 0 Å². The number of furan rings is 1. The van der Waals surface area contributed by atoms with E-state index < -0.39 is 6.04 Å². The monoisotopic (exact) mass is 340 g/mol. The fourth-order valence-electron chi connectivity index (χ4n) is 2.44. The first kappa shape index (κ1) is 18.5. The van der Waals surface area contributed by atoms with Crippen molar-refractivity contribution in [3.05, 3.63) is 60.1 Å². The molecule has 1 atom stereocenters. The highest BCUT2D eigenvalue weighted by Crippen LogP contribution is 2.11. The van der Waals surface area contributed by atoms with Crippen LogP contribution in [-0.4, -0.2) is 29.3 Å². The first-order chi connectivity index (χ1) is 12.0. The molecule has 1 aromatic carbocycles. The van der Waals surface area contributed by atoms with Gasteiger partial charge >= 0.3 is 0 Å². The molecule has 2 amide bonds. The van der Waals surface area contributed by atoms with E-state index in [0.29, 0.717) is 18.0 Å². The van der Waals surface area contributed by atoms with Gasteiger partial charge in [-0.2, -0.15) is 0 Å². The summed E-state index contributed by atoms with van der Waals surface area (Å²) in [4.78, 5) is 26.6. The van der Waals surface area contributed by atoms with Crippen molar-refractivity contribution in [3.8, 4) is 0 Å².